The minimum Gasteiger partial charge on any atom is -0.497 e. The number of fused-ring (bicyclic) bond motifs is 1. The lowest BCUT2D eigenvalue weighted by atomic mass is 9.91. The van der Waals surface area contributed by atoms with Gasteiger partial charge in [0.25, 0.3) is 0 Å². The van der Waals surface area contributed by atoms with Crippen LogP contribution >= 0.6 is 0 Å². The van der Waals surface area contributed by atoms with Crippen molar-refractivity contribution in [2.45, 2.75) is 25.3 Å². The van der Waals surface area contributed by atoms with Crippen LogP contribution in [0.4, 0.5) is 5.95 Å². The van der Waals surface area contributed by atoms with Crippen LogP contribution in [0.3, 0.4) is 0 Å². The van der Waals surface area contributed by atoms with E-state index in [-0.39, 0.29) is 0 Å². The van der Waals surface area contributed by atoms with E-state index in [1.807, 2.05) is 16.8 Å². The normalized spacial score (nSPS) is 17.4. The van der Waals surface area contributed by atoms with Crippen molar-refractivity contribution in [2.24, 2.45) is 0 Å². The zero-order chi connectivity index (χ0) is 13.9. The Hall–Kier alpha value is -2.30. The molecule has 1 aromatic carbocycles. The zero-order valence-corrected chi connectivity index (χ0v) is 11.5. The number of rotatable bonds is 4. The first kappa shape index (κ1) is 12.7. The average Bonchev–Trinajstić information content (AvgIpc) is 2.90. The van der Waals surface area contributed by atoms with Crippen molar-refractivity contribution in [3.05, 3.63) is 48.4 Å². The molecule has 20 heavy (non-hydrogen) atoms. The first-order valence-electron chi connectivity index (χ1n) is 6.78. The van der Waals surface area contributed by atoms with Crippen molar-refractivity contribution in [1.29, 1.82) is 0 Å². The Balaban J connectivity index is 1.93. The van der Waals surface area contributed by atoms with Gasteiger partial charge in [-0.15, -0.1) is 5.10 Å². The summed E-state index contributed by atoms with van der Waals surface area (Å²) < 4.78 is 7.20. The Labute approximate surface area is 118 Å². The van der Waals surface area contributed by atoms with Gasteiger partial charge in [-0.1, -0.05) is 18.7 Å². The van der Waals surface area contributed by atoms with E-state index in [9.17, 15) is 0 Å². The Morgan fingerprint density at radius 3 is 2.90 bits per heavy atom. The van der Waals surface area contributed by atoms with E-state index in [4.69, 9.17) is 4.74 Å². The summed E-state index contributed by atoms with van der Waals surface area (Å²) >= 11 is 0. The molecule has 5 heteroatoms. The molecular weight excluding hydrogens is 252 g/mol. The first-order valence-corrected chi connectivity index (χ1v) is 6.78. The maximum absolute atomic E-state index is 5.21. The van der Waals surface area contributed by atoms with Gasteiger partial charge in [0.15, 0.2) is 0 Å². The Morgan fingerprint density at radius 2 is 2.20 bits per heavy atom. The molecule has 1 N–H and O–H groups in total. The fourth-order valence-electron chi connectivity index (χ4n) is 2.66. The van der Waals surface area contributed by atoms with Crippen molar-refractivity contribution in [2.75, 3.05) is 12.4 Å². The molecule has 0 saturated heterocycles. The number of hydrogen-bond donors (Lipinski definition) is 1. The summed E-state index contributed by atoms with van der Waals surface area (Å²) in [7, 11) is 1.68. The molecule has 1 aromatic heterocycles. The molecular formula is C15H18N4O. The van der Waals surface area contributed by atoms with Crippen LogP contribution in [0.1, 0.15) is 30.1 Å². The highest BCUT2D eigenvalue weighted by atomic mass is 16.5. The molecule has 0 spiro atoms. The van der Waals surface area contributed by atoms with Crippen LogP contribution in [0.5, 0.6) is 5.75 Å². The Morgan fingerprint density at radius 1 is 1.40 bits per heavy atom. The van der Waals surface area contributed by atoms with Crippen molar-refractivity contribution in [1.82, 2.24) is 14.8 Å². The number of methoxy groups -OCH3 is 1. The molecule has 0 aliphatic carbocycles. The molecule has 0 radical (unpaired) electrons. The maximum atomic E-state index is 5.21. The molecule has 2 aromatic rings. The van der Waals surface area contributed by atoms with Gasteiger partial charge in [0.05, 0.1) is 7.11 Å². The molecule has 1 aliphatic heterocycles. The second-order valence-corrected chi connectivity index (χ2v) is 4.83. The van der Waals surface area contributed by atoms with E-state index in [0.29, 0.717) is 11.9 Å². The minimum absolute atomic E-state index is 0.294. The molecule has 0 amide bonds. The molecule has 3 rings (SSSR count). The van der Waals surface area contributed by atoms with Crippen molar-refractivity contribution < 1.29 is 4.74 Å². The summed E-state index contributed by atoms with van der Waals surface area (Å²) in [5.74, 6) is 2.81. The Kier molecular flexibility index (Phi) is 3.41. The van der Waals surface area contributed by atoms with Crippen LogP contribution in [0.2, 0.25) is 0 Å². The zero-order valence-electron chi connectivity index (χ0n) is 11.5. The predicted molar refractivity (Wildman–Crippen MR) is 77.9 cm³/mol. The highest BCUT2D eigenvalue weighted by molar-refractivity contribution is 5.35. The van der Waals surface area contributed by atoms with Gasteiger partial charge in [0.2, 0.25) is 5.95 Å². The van der Waals surface area contributed by atoms with Crippen LogP contribution in [-0.2, 0) is 6.54 Å². The van der Waals surface area contributed by atoms with E-state index in [2.05, 4.69) is 34.1 Å². The molecule has 1 atom stereocenters. The fraction of sp³-hybridized carbons (Fsp3) is 0.333. The smallest absolute Gasteiger partial charge is 0.246 e. The number of hydrogen-bond acceptors (Lipinski definition) is 4. The fourth-order valence-corrected chi connectivity index (χ4v) is 2.66. The predicted octanol–water partition coefficient (Wildman–Crippen LogP) is 2.77. The van der Waals surface area contributed by atoms with Gasteiger partial charge in [0.1, 0.15) is 11.6 Å². The van der Waals surface area contributed by atoms with Crippen molar-refractivity contribution in [3.8, 4) is 5.75 Å². The van der Waals surface area contributed by atoms with E-state index in [1.165, 1.54) is 5.56 Å². The molecule has 1 unspecified atom stereocenters. The van der Waals surface area contributed by atoms with Gasteiger partial charge in [-0.2, -0.15) is 4.98 Å². The molecule has 0 fully saturated rings. The first-order chi connectivity index (χ1) is 9.81. The summed E-state index contributed by atoms with van der Waals surface area (Å²) in [6, 6.07) is 8.20. The number of nitrogens with one attached hydrogen (secondary N) is 1. The lowest BCUT2D eigenvalue weighted by Crippen LogP contribution is -2.17. The second kappa shape index (κ2) is 5.36. The van der Waals surface area contributed by atoms with Gasteiger partial charge in [-0.25, -0.2) is 4.68 Å². The maximum Gasteiger partial charge on any atom is 0.246 e. The third kappa shape index (κ3) is 2.27. The largest absolute Gasteiger partial charge is 0.497 e. The van der Waals surface area contributed by atoms with E-state index < -0.39 is 0 Å². The van der Waals surface area contributed by atoms with Crippen LogP contribution in [-0.4, -0.2) is 21.9 Å². The van der Waals surface area contributed by atoms with Crippen LogP contribution in [0.15, 0.2) is 37.0 Å². The number of aromatic nitrogens is 3. The van der Waals surface area contributed by atoms with E-state index >= 15 is 0 Å². The van der Waals surface area contributed by atoms with Gasteiger partial charge < -0.3 is 10.1 Å². The third-order valence-electron chi connectivity index (χ3n) is 3.62. The topological polar surface area (TPSA) is 52.0 Å². The average molecular weight is 270 g/mol. The number of ether oxygens (including phenoxy) is 1. The summed E-state index contributed by atoms with van der Waals surface area (Å²) in [5.41, 5.74) is 1.25. The number of anilines is 1. The molecule has 0 saturated carbocycles. The number of benzene rings is 1. The monoisotopic (exact) mass is 270 g/mol. The minimum atomic E-state index is 0.294. The third-order valence-corrected chi connectivity index (χ3v) is 3.62. The quantitative estimate of drug-likeness (QED) is 0.928. The molecule has 0 bridgehead atoms. The van der Waals surface area contributed by atoms with Crippen LogP contribution < -0.4 is 10.1 Å². The van der Waals surface area contributed by atoms with Crippen LogP contribution in [0.25, 0.3) is 0 Å². The summed E-state index contributed by atoms with van der Waals surface area (Å²) in [6.45, 7) is 4.57. The van der Waals surface area contributed by atoms with Gasteiger partial charge in [-0.3, -0.25) is 0 Å². The second-order valence-electron chi connectivity index (χ2n) is 4.83. The lowest BCUT2D eigenvalue weighted by molar-refractivity contribution is 0.413. The summed E-state index contributed by atoms with van der Waals surface area (Å²) in [4.78, 5) is 4.58. The van der Waals surface area contributed by atoms with Crippen LogP contribution in [0, 0.1) is 0 Å². The number of nitrogens with zero attached hydrogens (tertiary/aromatic N) is 3. The summed E-state index contributed by atoms with van der Waals surface area (Å²) in [6.07, 6.45) is 3.81. The van der Waals surface area contributed by atoms with Gasteiger partial charge in [0, 0.05) is 12.5 Å². The SMILES string of the molecule is C=CNc1nc2n(n1)CCCC2c1ccc(OC)cc1. The highest BCUT2D eigenvalue weighted by Gasteiger charge is 2.25. The Bertz CT molecular complexity index is 603. The van der Waals surface area contributed by atoms with E-state index in [0.717, 1.165) is 31.0 Å². The lowest BCUT2D eigenvalue weighted by Gasteiger charge is -2.22. The van der Waals surface area contributed by atoms with Crippen molar-refractivity contribution in [3.63, 3.8) is 0 Å². The molecule has 1 aliphatic rings. The summed E-state index contributed by atoms with van der Waals surface area (Å²) in [5, 5.41) is 7.40. The molecule has 2 heterocycles. The highest BCUT2D eigenvalue weighted by Crippen LogP contribution is 2.33. The molecule has 5 nitrogen and oxygen atoms in total. The number of aryl methyl sites for hydroxylation is 1. The standard InChI is InChI=1S/C15H18N4O/c1-3-16-15-17-14-13(5-4-10-19(14)18-15)11-6-8-12(20-2)9-7-11/h3,6-9,13H,1,4-5,10H2,2H3,(H,16,18). The van der Waals surface area contributed by atoms with Crippen molar-refractivity contribution >= 4 is 5.95 Å². The van der Waals surface area contributed by atoms with Gasteiger partial charge >= 0.3 is 0 Å². The van der Waals surface area contributed by atoms with E-state index in [1.54, 1.807) is 13.3 Å². The molecule has 104 valence electrons. The van der Waals surface area contributed by atoms with Gasteiger partial charge in [-0.05, 0) is 36.7 Å².